The molecule has 0 unspecified atom stereocenters. The van der Waals surface area contributed by atoms with Crippen LogP contribution in [-0.4, -0.2) is 34.1 Å². The smallest absolute Gasteiger partial charge is 0.314 e. The molecule has 2 amide bonds. The minimum absolute atomic E-state index is 0.147. The van der Waals surface area contributed by atoms with Crippen LogP contribution in [0, 0.1) is 0 Å². The zero-order valence-corrected chi connectivity index (χ0v) is 11.0. The quantitative estimate of drug-likeness (QED) is 0.650. The van der Waals surface area contributed by atoms with Crippen LogP contribution >= 0.6 is 0 Å². The van der Waals surface area contributed by atoms with Crippen LogP contribution in [0.5, 0.6) is 0 Å². The van der Waals surface area contributed by atoms with Gasteiger partial charge in [-0.2, -0.15) is 0 Å². The maximum Gasteiger partial charge on any atom is 0.314 e. The minimum Gasteiger partial charge on any atom is -0.338 e. The predicted octanol–water partition coefficient (Wildman–Crippen LogP) is 0.284. The lowest BCUT2D eigenvalue weighted by molar-refractivity contribution is 0.241. The van der Waals surface area contributed by atoms with Gasteiger partial charge in [0.05, 0.1) is 4.90 Å². The monoisotopic (exact) mass is 271 g/mol. The average Bonchev–Trinajstić information content (AvgIpc) is 2.36. The Labute approximate surface area is 107 Å². The molecule has 0 aliphatic carbocycles. The zero-order chi connectivity index (χ0) is 13.4. The molecule has 3 N–H and O–H groups in total. The normalized spacial score (nSPS) is 10.9. The largest absolute Gasteiger partial charge is 0.338 e. The van der Waals surface area contributed by atoms with Crippen molar-refractivity contribution in [3.63, 3.8) is 0 Å². The third-order valence-electron chi connectivity index (χ3n) is 2.09. The first kappa shape index (κ1) is 14.5. The molecule has 0 bridgehead atoms. The SMILES string of the molecule is CCNC(=O)NCCNS(=O)(=O)c1ccccc1. The van der Waals surface area contributed by atoms with Gasteiger partial charge < -0.3 is 10.6 Å². The van der Waals surface area contributed by atoms with Crippen LogP contribution in [0.4, 0.5) is 4.79 Å². The fourth-order valence-electron chi connectivity index (χ4n) is 1.27. The van der Waals surface area contributed by atoms with Crippen molar-refractivity contribution in [1.82, 2.24) is 15.4 Å². The summed E-state index contributed by atoms with van der Waals surface area (Å²) in [4.78, 5) is 11.2. The summed E-state index contributed by atoms with van der Waals surface area (Å²) in [6.07, 6.45) is 0. The first-order valence-corrected chi connectivity index (χ1v) is 7.11. The molecule has 0 aromatic heterocycles. The molecule has 0 spiro atoms. The summed E-state index contributed by atoms with van der Waals surface area (Å²) in [7, 11) is -3.49. The van der Waals surface area contributed by atoms with Gasteiger partial charge in [-0.15, -0.1) is 0 Å². The maximum atomic E-state index is 11.8. The number of benzene rings is 1. The van der Waals surface area contributed by atoms with Crippen molar-refractivity contribution < 1.29 is 13.2 Å². The summed E-state index contributed by atoms with van der Waals surface area (Å²) in [6.45, 7) is 2.71. The van der Waals surface area contributed by atoms with Crippen LogP contribution < -0.4 is 15.4 Å². The van der Waals surface area contributed by atoms with Crippen LogP contribution in [0.25, 0.3) is 0 Å². The number of nitrogens with one attached hydrogen (secondary N) is 3. The molecule has 0 heterocycles. The molecular formula is C11H17N3O3S. The predicted molar refractivity (Wildman–Crippen MR) is 68.7 cm³/mol. The van der Waals surface area contributed by atoms with Gasteiger partial charge in [-0.25, -0.2) is 17.9 Å². The van der Waals surface area contributed by atoms with Crippen LogP contribution in [0.15, 0.2) is 35.2 Å². The highest BCUT2D eigenvalue weighted by atomic mass is 32.2. The van der Waals surface area contributed by atoms with Gasteiger partial charge in [-0.3, -0.25) is 0 Å². The molecule has 1 aromatic rings. The Morgan fingerprint density at radius 3 is 2.39 bits per heavy atom. The van der Waals surface area contributed by atoms with Gasteiger partial charge in [0.15, 0.2) is 0 Å². The van der Waals surface area contributed by atoms with E-state index in [9.17, 15) is 13.2 Å². The van der Waals surface area contributed by atoms with Gasteiger partial charge in [-0.1, -0.05) is 18.2 Å². The van der Waals surface area contributed by atoms with E-state index in [0.717, 1.165) is 0 Å². The summed E-state index contributed by atoms with van der Waals surface area (Å²) >= 11 is 0. The summed E-state index contributed by atoms with van der Waals surface area (Å²) in [5.41, 5.74) is 0. The number of rotatable bonds is 6. The Bertz CT molecular complexity index is 474. The number of sulfonamides is 1. The number of hydrogen-bond donors (Lipinski definition) is 3. The van der Waals surface area contributed by atoms with Crippen molar-refractivity contribution in [3.05, 3.63) is 30.3 Å². The molecule has 1 rings (SSSR count). The van der Waals surface area contributed by atoms with E-state index in [0.29, 0.717) is 6.54 Å². The fourth-order valence-corrected chi connectivity index (χ4v) is 2.32. The van der Waals surface area contributed by atoms with Crippen LogP contribution in [0.2, 0.25) is 0 Å². The van der Waals surface area contributed by atoms with Crippen molar-refractivity contribution >= 4 is 16.1 Å². The Balaban J connectivity index is 2.37. The molecule has 1 aromatic carbocycles. The van der Waals surface area contributed by atoms with Gasteiger partial charge in [0.25, 0.3) is 0 Å². The molecule has 7 heteroatoms. The Kier molecular flexibility index (Phi) is 5.60. The van der Waals surface area contributed by atoms with Crippen molar-refractivity contribution in [2.45, 2.75) is 11.8 Å². The van der Waals surface area contributed by atoms with Gasteiger partial charge in [-0.05, 0) is 19.1 Å². The third kappa shape index (κ3) is 4.72. The number of urea groups is 1. The second-order valence-electron chi connectivity index (χ2n) is 3.50. The first-order valence-electron chi connectivity index (χ1n) is 5.62. The molecule has 0 saturated heterocycles. The topological polar surface area (TPSA) is 87.3 Å². The molecular weight excluding hydrogens is 254 g/mol. The fraction of sp³-hybridized carbons (Fsp3) is 0.364. The van der Waals surface area contributed by atoms with E-state index in [1.807, 2.05) is 0 Å². The molecule has 0 atom stereocenters. The minimum atomic E-state index is -3.49. The number of carbonyl (C=O) groups is 1. The summed E-state index contributed by atoms with van der Waals surface area (Å²) in [5.74, 6) is 0. The van der Waals surface area contributed by atoms with E-state index in [1.165, 1.54) is 12.1 Å². The van der Waals surface area contributed by atoms with Gasteiger partial charge >= 0.3 is 6.03 Å². The number of hydrogen-bond acceptors (Lipinski definition) is 3. The molecule has 18 heavy (non-hydrogen) atoms. The van der Waals surface area contributed by atoms with Crippen molar-refractivity contribution in [2.75, 3.05) is 19.6 Å². The zero-order valence-electron chi connectivity index (χ0n) is 10.1. The summed E-state index contributed by atoms with van der Waals surface area (Å²) < 4.78 is 25.9. The van der Waals surface area contributed by atoms with Crippen LogP contribution in [0.1, 0.15) is 6.92 Å². The Hall–Kier alpha value is -1.60. The molecule has 0 saturated carbocycles. The highest BCUT2D eigenvalue weighted by Crippen LogP contribution is 2.06. The molecule has 6 nitrogen and oxygen atoms in total. The van der Waals surface area contributed by atoms with Gasteiger partial charge in [0.1, 0.15) is 0 Å². The van der Waals surface area contributed by atoms with Crippen molar-refractivity contribution in [2.24, 2.45) is 0 Å². The average molecular weight is 271 g/mol. The maximum absolute atomic E-state index is 11.8. The van der Waals surface area contributed by atoms with Gasteiger partial charge in [0.2, 0.25) is 10.0 Å². The van der Waals surface area contributed by atoms with E-state index in [4.69, 9.17) is 0 Å². The number of carbonyl (C=O) groups excluding carboxylic acids is 1. The van der Waals surface area contributed by atoms with E-state index >= 15 is 0 Å². The van der Waals surface area contributed by atoms with E-state index in [-0.39, 0.29) is 24.0 Å². The van der Waals surface area contributed by atoms with E-state index < -0.39 is 10.0 Å². The Morgan fingerprint density at radius 2 is 1.78 bits per heavy atom. The second kappa shape index (κ2) is 6.97. The summed E-state index contributed by atoms with van der Waals surface area (Å²) in [6, 6.07) is 7.77. The standard InChI is InChI=1S/C11H17N3O3S/c1-2-12-11(15)13-8-9-14-18(16,17)10-6-4-3-5-7-10/h3-7,14H,2,8-9H2,1H3,(H2,12,13,15). The van der Waals surface area contributed by atoms with E-state index in [1.54, 1.807) is 25.1 Å². The highest BCUT2D eigenvalue weighted by molar-refractivity contribution is 7.89. The molecule has 0 fully saturated rings. The third-order valence-corrected chi connectivity index (χ3v) is 3.57. The lowest BCUT2D eigenvalue weighted by Crippen LogP contribution is -2.40. The van der Waals surface area contributed by atoms with Crippen molar-refractivity contribution in [1.29, 1.82) is 0 Å². The first-order chi connectivity index (χ1) is 8.56. The van der Waals surface area contributed by atoms with Crippen LogP contribution in [-0.2, 0) is 10.0 Å². The second-order valence-corrected chi connectivity index (χ2v) is 5.26. The lowest BCUT2D eigenvalue weighted by Gasteiger charge is -2.08. The lowest BCUT2D eigenvalue weighted by atomic mass is 10.4. The summed E-state index contributed by atoms with van der Waals surface area (Å²) in [5, 5.41) is 5.08. The van der Waals surface area contributed by atoms with Crippen LogP contribution in [0.3, 0.4) is 0 Å². The number of amides is 2. The highest BCUT2D eigenvalue weighted by Gasteiger charge is 2.11. The van der Waals surface area contributed by atoms with E-state index in [2.05, 4.69) is 15.4 Å². The Morgan fingerprint density at radius 1 is 1.11 bits per heavy atom. The van der Waals surface area contributed by atoms with Crippen molar-refractivity contribution in [3.8, 4) is 0 Å². The van der Waals surface area contributed by atoms with Gasteiger partial charge in [0, 0.05) is 19.6 Å². The molecule has 0 aliphatic heterocycles. The molecule has 0 aliphatic rings. The molecule has 100 valence electrons. The molecule has 0 radical (unpaired) electrons.